The molecule has 0 saturated carbocycles. The van der Waals surface area contributed by atoms with E-state index in [9.17, 15) is 0 Å². The summed E-state index contributed by atoms with van der Waals surface area (Å²) in [5.74, 6) is 0.0180. The summed E-state index contributed by atoms with van der Waals surface area (Å²) in [5, 5.41) is 25.2. The van der Waals surface area contributed by atoms with Crippen LogP contribution in [0.4, 0.5) is 5.69 Å². The molecular formula is C18H19BrN4O2. The topological polar surface area (TPSA) is 116 Å². The van der Waals surface area contributed by atoms with E-state index in [1.807, 2.05) is 6.07 Å². The van der Waals surface area contributed by atoms with Crippen molar-refractivity contribution in [1.82, 2.24) is 4.98 Å². The first-order chi connectivity index (χ1) is 12.0. The Morgan fingerprint density at radius 2 is 2.08 bits per heavy atom. The highest BCUT2D eigenvalue weighted by atomic mass is 79.9. The zero-order valence-corrected chi connectivity index (χ0v) is 15.4. The molecule has 0 aliphatic heterocycles. The first kappa shape index (κ1) is 18.7. The van der Waals surface area contributed by atoms with Crippen LogP contribution in [0.1, 0.15) is 35.2 Å². The number of ether oxygens (including phenoxy) is 1. The highest BCUT2D eigenvalue weighted by Crippen LogP contribution is 2.24. The number of hydrogen-bond acceptors (Lipinski definition) is 6. The Balaban J connectivity index is 0.000000181. The van der Waals surface area contributed by atoms with Gasteiger partial charge in [-0.3, -0.25) is 5.41 Å². The quantitative estimate of drug-likeness (QED) is 0.221. The number of nitrogen functional groups attached to an aromatic ring is 1. The number of phenols is 1. The number of nitriles is 1. The van der Waals surface area contributed by atoms with Crippen LogP contribution in [0.15, 0.2) is 28.9 Å². The van der Waals surface area contributed by atoms with Crippen molar-refractivity contribution < 1.29 is 9.84 Å². The third-order valence-electron chi connectivity index (χ3n) is 3.86. The van der Waals surface area contributed by atoms with Crippen molar-refractivity contribution in [2.45, 2.75) is 25.7 Å². The number of halogens is 1. The summed E-state index contributed by atoms with van der Waals surface area (Å²) in [7, 11) is 1.38. The number of phenolic OH excluding ortho intramolecular Hbond substituents is 1. The average molecular weight is 403 g/mol. The lowest BCUT2D eigenvalue weighted by Crippen LogP contribution is -2.06. The molecule has 6 nitrogen and oxygen atoms in total. The van der Waals surface area contributed by atoms with E-state index in [1.165, 1.54) is 43.7 Å². The van der Waals surface area contributed by atoms with Crippen molar-refractivity contribution in [2.24, 2.45) is 0 Å². The summed E-state index contributed by atoms with van der Waals surface area (Å²) in [6, 6.07) is 8.48. The molecule has 7 heteroatoms. The molecule has 0 saturated heterocycles. The number of nitrogens with one attached hydrogen (secondary N) is 1. The molecule has 0 radical (unpaired) electrons. The zero-order valence-electron chi connectivity index (χ0n) is 13.8. The summed E-state index contributed by atoms with van der Waals surface area (Å²) in [5.41, 5.74) is 9.42. The summed E-state index contributed by atoms with van der Waals surface area (Å²) in [4.78, 5) is 4.38. The highest BCUT2D eigenvalue weighted by Gasteiger charge is 2.13. The van der Waals surface area contributed by atoms with E-state index >= 15 is 0 Å². The molecule has 0 amide bonds. The van der Waals surface area contributed by atoms with E-state index in [0.29, 0.717) is 21.4 Å². The molecule has 0 spiro atoms. The fourth-order valence-corrected chi connectivity index (χ4v) is 2.95. The second kappa shape index (κ2) is 8.49. The number of anilines is 1. The Hall–Kier alpha value is -2.59. The van der Waals surface area contributed by atoms with Crippen LogP contribution in [0.25, 0.3) is 0 Å². The van der Waals surface area contributed by atoms with E-state index in [0.717, 1.165) is 18.5 Å². The third kappa shape index (κ3) is 4.70. The molecule has 4 N–H and O–H groups in total. The molecule has 25 heavy (non-hydrogen) atoms. The molecule has 1 aromatic heterocycles. The Morgan fingerprint density at radius 3 is 2.76 bits per heavy atom. The van der Waals surface area contributed by atoms with Crippen LogP contribution in [0.3, 0.4) is 0 Å². The minimum absolute atomic E-state index is 0.0524. The first-order valence-electron chi connectivity index (χ1n) is 7.76. The molecule has 0 bridgehead atoms. The number of rotatable bonds is 1. The lowest BCUT2D eigenvalue weighted by molar-refractivity contribution is 0.400. The molecule has 130 valence electrons. The maximum Gasteiger partial charge on any atom is 0.215 e. The Labute approximate surface area is 154 Å². The van der Waals surface area contributed by atoms with Gasteiger partial charge < -0.3 is 15.6 Å². The van der Waals surface area contributed by atoms with Gasteiger partial charge in [-0.05, 0) is 71.4 Å². The largest absolute Gasteiger partial charge is 0.508 e. The van der Waals surface area contributed by atoms with Crippen molar-refractivity contribution in [2.75, 3.05) is 12.8 Å². The maximum atomic E-state index is 9.07. The lowest BCUT2D eigenvalue weighted by Gasteiger charge is -2.14. The standard InChI is InChI=1S/C10H9BrN2.C8H10N2O2/c11-10-8(6-12)5-7-3-1-2-4-9(7)13-10;1-12-8(10)6-4-5(11)2-3-7(6)9/h5H,1-4H2;2-4,10-11H,9H2,1H3. The fraction of sp³-hybridized carbons (Fsp3) is 0.278. The number of fused-ring (bicyclic) bond motifs is 1. The van der Waals surface area contributed by atoms with Crippen LogP contribution in [-0.2, 0) is 17.6 Å². The number of aryl methyl sites for hydroxylation is 2. The van der Waals surface area contributed by atoms with Gasteiger partial charge in [-0.1, -0.05) is 0 Å². The van der Waals surface area contributed by atoms with Crippen LogP contribution >= 0.6 is 15.9 Å². The van der Waals surface area contributed by atoms with E-state index in [-0.39, 0.29) is 11.6 Å². The number of pyridine rings is 1. The highest BCUT2D eigenvalue weighted by molar-refractivity contribution is 9.10. The van der Waals surface area contributed by atoms with Crippen molar-refractivity contribution >= 4 is 27.5 Å². The van der Waals surface area contributed by atoms with Crippen LogP contribution in [-0.4, -0.2) is 23.1 Å². The number of hydrogen-bond donors (Lipinski definition) is 3. The third-order valence-corrected chi connectivity index (χ3v) is 4.46. The van der Waals surface area contributed by atoms with Gasteiger partial charge in [-0.15, -0.1) is 0 Å². The predicted molar refractivity (Wildman–Crippen MR) is 99.7 cm³/mol. The molecule has 1 heterocycles. The molecule has 1 aliphatic carbocycles. The van der Waals surface area contributed by atoms with Crippen molar-refractivity contribution in [3.63, 3.8) is 0 Å². The SMILES string of the molecule is COC(=N)c1cc(O)ccc1N.N#Cc1cc2c(nc1Br)CCCC2. The minimum atomic E-state index is -0.0524. The van der Waals surface area contributed by atoms with Gasteiger partial charge in [0.05, 0.1) is 18.2 Å². The monoisotopic (exact) mass is 402 g/mol. The van der Waals surface area contributed by atoms with Gasteiger partial charge in [0.2, 0.25) is 5.90 Å². The van der Waals surface area contributed by atoms with Gasteiger partial charge in [0.1, 0.15) is 16.4 Å². The van der Waals surface area contributed by atoms with Gasteiger partial charge in [0.15, 0.2) is 0 Å². The molecule has 0 unspecified atom stereocenters. The first-order valence-corrected chi connectivity index (χ1v) is 8.55. The number of methoxy groups -OCH3 is 1. The summed E-state index contributed by atoms with van der Waals surface area (Å²) in [6.45, 7) is 0. The Bertz CT molecular complexity index is 831. The molecule has 2 aromatic rings. The molecular weight excluding hydrogens is 384 g/mol. The number of aromatic nitrogens is 1. The zero-order chi connectivity index (χ0) is 18.4. The molecule has 1 aliphatic rings. The predicted octanol–water partition coefficient (Wildman–Crippen LogP) is 3.54. The fourth-order valence-electron chi connectivity index (χ4n) is 2.54. The number of aromatic hydroxyl groups is 1. The normalized spacial score (nSPS) is 12.2. The number of nitrogens with zero attached hydrogens (tertiary/aromatic N) is 2. The van der Waals surface area contributed by atoms with E-state index in [4.69, 9.17) is 21.5 Å². The molecule has 3 rings (SSSR count). The van der Waals surface area contributed by atoms with Gasteiger partial charge in [0.25, 0.3) is 0 Å². The van der Waals surface area contributed by atoms with Gasteiger partial charge in [-0.2, -0.15) is 5.26 Å². The van der Waals surface area contributed by atoms with Crippen molar-refractivity contribution in [1.29, 1.82) is 10.7 Å². The summed E-state index contributed by atoms with van der Waals surface area (Å²) >= 11 is 3.30. The van der Waals surface area contributed by atoms with E-state index < -0.39 is 0 Å². The number of benzene rings is 1. The Morgan fingerprint density at radius 1 is 1.36 bits per heavy atom. The molecule has 0 fully saturated rings. The van der Waals surface area contributed by atoms with Gasteiger partial charge in [0, 0.05) is 11.4 Å². The second-order valence-corrected chi connectivity index (χ2v) is 6.31. The summed E-state index contributed by atoms with van der Waals surface area (Å²) in [6.07, 6.45) is 4.57. The van der Waals surface area contributed by atoms with Gasteiger partial charge >= 0.3 is 0 Å². The van der Waals surface area contributed by atoms with Crippen molar-refractivity contribution in [3.05, 3.63) is 51.3 Å². The smallest absolute Gasteiger partial charge is 0.215 e. The number of nitrogens with two attached hydrogens (primary N) is 1. The van der Waals surface area contributed by atoms with Crippen LogP contribution in [0, 0.1) is 16.7 Å². The van der Waals surface area contributed by atoms with E-state index in [1.54, 1.807) is 0 Å². The maximum absolute atomic E-state index is 9.07. The van der Waals surface area contributed by atoms with Crippen molar-refractivity contribution in [3.8, 4) is 11.8 Å². The second-order valence-electron chi connectivity index (χ2n) is 5.56. The summed E-state index contributed by atoms with van der Waals surface area (Å²) < 4.78 is 5.35. The van der Waals surface area contributed by atoms with Gasteiger partial charge in [-0.25, -0.2) is 4.98 Å². The molecule has 1 aromatic carbocycles. The van der Waals surface area contributed by atoms with Crippen LogP contribution in [0.5, 0.6) is 5.75 Å². The Kier molecular flexibility index (Phi) is 6.37. The van der Waals surface area contributed by atoms with Crippen LogP contribution in [0.2, 0.25) is 0 Å². The molecule has 0 atom stereocenters. The minimum Gasteiger partial charge on any atom is -0.508 e. The lowest BCUT2D eigenvalue weighted by atomic mass is 9.95. The van der Waals surface area contributed by atoms with E-state index in [2.05, 4.69) is 31.7 Å². The van der Waals surface area contributed by atoms with Crippen LogP contribution < -0.4 is 5.73 Å². The average Bonchev–Trinajstić information content (AvgIpc) is 2.63.